The lowest BCUT2D eigenvalue weighted by molar-refractivity contribution is -0.152. The summed E-state index contributed by atoms with van der Waals surface area (Å²) in [5, 5.41) is 5.38. The standard InChI is InChI=1S/C5H6N4O3/c1-12-5(11)3-2(8-9-6)4(10)7-3/h2-3H,1H3,(H,7,10)/t2-,3-/m0/s1. The molecule has 1 rings (SSSR count). The zero-order valence-electron chi connectivity index (χ0n) is 6.22. The fourth-order valence-corrected chi connectivity index (χ4v) is 0.862. The molecule has 7 heteroatoms. The van der Waals surface area contributed by atoms with Gasteiger partial charge in [0.15, 0.2) is 0 Å². The van der Waals surface area contributed by atoms with E-state index in [1.165, 1.54) is 7.11 Å². The van der Waals surface area contributed by atoms with Crippen molar-refractivity contribution < 1.29 is 14.3 Å². The van der Waals surface area contributed by atoms with Gasteiger partial charge in [-0.3, -0.25) is 4.79 Å². The first-order valence-electron chi connectivity index (χ1n) is 3.13. The maximum atomic E-state index is 10.8. The van der Waals surface area contributed by atoms with Crippen LogP contribution in [0.5, 0.6) is 0 Å². The quantitative estimate of drug-likeness (QED) is 0.195. The Hall–Kier alpha value is -1.75. The van der Waals surface area contributed by atoms with E-state index >= 15 is 0 Å². The summed E-state index contributed by atoms with van der Waals surface area (Å²) in [6, 6.07) is -1.78. The van der Waals surface area contributed by atoms with Gasteiger partial charge in [-0.1, -0.05) is 5.11 Å². The summed E-state index contributed by atoms with van der Waals surface area (Å²) < 4.78 is 4.34. The highest BCUT2D eigenvalue weighted by Gasteiger charge is 2.44. The number of carbonyl (C=O) groups excluding carboxylic acids is 2. The molecule has 1 fully saturated rings. The highest BCUT2D eigenvalue weighted by molar-refractivity contribution is 5.99. The molecule has 0 saturated carbocycles. The zero-order valence-corrected chi connectivity index (χ0v) is 6.22. The summed E-state index contributed by atoms with van der Waals surface area (Å²) in [4.78, 5) is 23.9. The molecule has 0 aromatic heterocycles. The number of carbonyl (C=O) groups is 2. The molecule has 12 heavy (non-hydrogen) atoms. The van der Waals surface area contributed by atoms with Crippen molar-refractivity contribution >= 4 is 11.9 Å². The van der Waals surface area contributed by atoms with Crippen molar-refractivity contribution in [3.63, 3.8) is 0 Å². The van der Waals surface area contributed by atoms with Crippen LogP contribution in [-0.4, -0.2) is 31.1 Å². The molecule has 0 aromatic rings. The van der Waals surface area contributed by atoms with E-state index in [-0.39, 0.29) is 0 Å². The van der Waals surface area contributed by atoms with Crippen LogP contribution < -0.4 is 5.32 Å². The molecule has 1 N–H and O–H groups in total. The Morgan fingerprint density at radius 2 is 2.50 bits per heavy atom. The predicted molar refractivity (Wildman–Crippen MR) is 36.9 cm³/mol. The Bertz CT molecular complexity index is 268. The van der Waals surface area contributed by atoms with Crippen molar-refractivity contribution in [2.24, 2.45) is 5.11 Å². The van der Waals surface area contributed by atoms with Crippen LogP contribution in [0.2, 0.25) is 0 Å². The Balaban J connectivity index is 2.65. The Kier molecular flexibility index (Phi) is 2.16. The van der Waals surface area contributed by atoms with E-state index in [4.69, 9.17) is 5.53 Å². The summed E-state index contributed by atoms with van der Waals surface area (Å²) in [6.45, 7) is 0. The third-order valence-electron chi connectivity index (χ3n) is 1.51. The Morgan fingerprint density at radius 3 is 2.92 bits per heavy atom. The number of nitrogens with one attached hydrogen (secondary N) is 1. The molecule has 0 aliphatic carbocycles. The fraction of sp³-hybridized carbons (Fsp3) is 0.600. The summed E-state index contributed by atoms with van der Waals surface area (Å²) >= 11 is 0. The maximum absolute atomic E-state index is 10.8. The second-order valence-electron chi connectivity index (χ2n) is 2.16. The van der Waals surface area contributed by atoms with Crippen molar-refractivity contribution in [2.75, 3.05) is 7.11 Å². The summed E-state index contributed by atoms with van der Waals surface area (Å²) in [5.74, 6) is -1.06. The van der Waals surface area contributed by atoms with Crippen LogP contribution >= 0.6 is 0 Å². The number of β-lactam (4-membered cyclic amide) rings is 1. The minimum atomic E-state index is -0.956. The zero-order chi connectivity index (χ0) is 9.14. The van der Waals surface area contributed by atoms with Gasteiger partial charge < -0.3 is 10.1 Å². The van der Waals surface area contributed by atoms with Gasteiger partial charge in [0, 0.05) is 4.91 Å². The van der Waals surface area contributed by atoms with Crippen molar-refractivity contribution in [1.82, 2.24) is 5.32 Å². The van der Waals surface area contributed by atoms with E-state index in [9.17, 15) is 9.59 Å². The summed E-state index contributed by atoms with van der Waals surface area (Å²) in [5.41, 5.74) is 8.02. The second-order valence-corrected chi connectivity index (χ2v) is 2.16. The lowest BCUT2D eigenvalue weighted by Crippen LogP contribution is -2.65. The minimum absolute atomic E-state index is 0.455. The molecule has 0 radical (unpaired) electrons. The van der Waals surface area contributed by atoms with E-state index in [0.717, 1.165) is 0 Å². The minimum Gasteiger partial charge on any atom is -0.467 e. The first-order chi connectivity index (χ1) is 5.70. The first-order valence-corrected chi connectivity index (χ1v) is 3.13. The van der Waals surface area contributed by atoms with Crippen LogP contribution in [-0.2, 0) is 14.3 Å². The van der Waals surface area contributed by atoms with Gasteiger partial charge in [0.2, 0.25) is 5.91 Å². The Morgan fingerprint density at radius 1 is 1.83 bits per heavy atom. The molecule has 1 heterocycles. The number of hydrogen-bond donors (Lipinski definition) is 1. The first kappa shape index (κ1) is 8.35. The monoisotopic (exact) mass is 170 g/mol. The smallest absolute Gasteiger partial charge is 0.329 e. The largest absolute Gasteiger partial charge is 0.467 e. The number of methoxy groups -OCH3 is 1. The van der Waals surface area contributed by atoms with E-state index < -0.39 is 24.0 Å². The highest BCUT2D eigenvalue weighted by atomic mass is 16.5. The van der Waals surface area contributed by atoms with Gasteiger partial charge in [-0.25, -0.2) is 4.79 Å². The van der Waals surface area contributed by atoms with E-state index in [1.54, 1.807) is 0 Å². The van der Waals surface area contributed by atoms with Crippen molar-refractivity contribution in [1.29, 1.82) is 0 Å². The molecule has 1 aliphatic rings. The van der Waals surface area contributed by atoms with Gasteiger partial charge in [0.25, 0.3) is 0 Å². The SMILES string of the molecule is COC(=O)[C@H]1NC(=O)[C@H]1N=[N+]=[N-]. The van der Waals surface area contributed by atoms with Gasteiger partial charge in [-0.15, -0.1) is 0 Å². The van der Waals surface area contributed by atoms with Gasteiger partial charge in [0.1, 0.15) is 12.1 Å². The van der Waals surface area contributed by atoms with Crippen LogP contribution in [0.1, 0.15) is 0 Å². The number of esters is 1. The van der Waals surface area contributed by atoms with E-state index in [2.05, 4.69) is 20.1 Å². The van der Waals surface area contributed by atoms with Crippen molar-refractivity contribution in [2.45, 2.75) is 12.1 Å². The highest BCUT2D eigenvalue weighted by Crippen LogP contribution is 2.11. The van der Waals surface area contributed by atoms with E-state index in [0.29, 0.717) is 0 Å². The number of rotatable bonds is 2. The van der Waals surface area contributed by atoms with Gasteiger partial charge in [0.05, 0.1) is 7.11 Å². The second kappa shape index (κ2) is 3.10. The molecule has 0 spiro atoms. The van der Waals surface area contributed by atoms with Gasteiger partial charge in [-0.2, -0.15) is 0 Å². The molecule has 0 unspecified atom stereocenters. The average molecular weight is 170 g/mol. The summed E-state index contributed by atoms with van der Waals surface area (Å²) in [7, 11) is 1.19. The molecule has 1 amide bonds. The maximum Gasteiger partial charge on any atom is 0.329 e. The fourth-order valence-electron chi connectivity index (χ4n) is 0.862. The van der Waals surface area contributed by atoms with Crippen LogP contribution in [0.4, 0.5) is 0 Å². The normalized spacial score (nSPS) is 26.2. The molecule has 0 aromatic carbocycles. The summed E-state index contributed by atoms with van der Waals surface area (Å²) in [6.07, 6.45) is 0. The average Bonchev–Trinajstić information content (AvgIpc) is 2.09. The van der Waals surface area contributed by atoms with E-state index in [1.807, 2.05) is 0 Å². The van der Waals surface area contributed by atoms with Crippen LogP contribution in [0.15, 0.2) is 5.11 Å². The van der Waals surface area contributed by atoms with Crippen LogP contribution in [0.3, 0.4) is 0 Å². The number of amides is 1. The van der Waals surface area contributed by atoms with Gasteiger partial charge in [-0.05, 0) is 5.53 Å². The molecule has 0 bridgehead atoms. The third-order valence-corrected chi connectivity index (χ3v) is 1.51. The van der Waals surface area contributed by atoms with Crippen LogP contribution in [0, 0.1) is 0 Å². The molecule has 64 valence electrons. The Labute approximate surface area is 67.3 Å². The molecule has 1 aliphatic heterocycles. The molecular weight excluding hydrogens is 164 g/mol. The number of hydrogen-bond acceptors (Lipinski definition) is 4. The molecule has 2 atom stereocenters. The number of nitrogens with zero attached hydrogens (tertiary/aromatic N) is 3. The number of azide groups is 1. The van der Waals surface area contributed by atoms with Crippen LogP contribution in [0.25, 0.3) is 10.4 Å². The molecule has 1 saturated heterocycles. The lowest BCUT2D eigenvalue weighted by atomic mass is 10.0. The molecular formula is C5H6N4O3. The predicted octanol–water partition coefficient (Wildman–Crippen LogP) is -0.663. The molecule has 7 nitrogen and oxygen atoms in total. The van der Waals surface area contributed by atoms with Gasteiger partial charge >= 0.3 is 5.97 Å². The van der Waals surface area contributed by atoms with Crippen molar-refractivity contribution in [3.05, 3.63) is 10.4 Å². The number of ether oxygens (including phenoxy) is 1. The van der Waals surface area contributed by atoms with Crippen molar-refractivity contribution in [3.8, 4) is 0 Å². The third kappa shape index (κ3) is 1.17. The topological polar surface area (TPSA) is 104 Å². The lowest BCUT2D eigenvalue weighted by Gasteiger charge is -2.30.